The number of anilines is 1. The normalized spacial score (nSPS) is 13.2. The van der Waals surface area contributed by atoms with Gasteiger partial charge in [0, 0.05) is 16.6 Å². The zero-order chi connectivity index (χ0) is 36.2. The molecule has 0 spiro atoms. The van der Waals surface area contributed by atoms with Gasteiger partial charge in [-0.05, 0) is 97.8 Å². The molecule has 4 aromatic carbocycles. The lowest BCUT2D eigenvalue weighted by Gasteiger charge is -2.29. The summed E-state index contributed by atoms with van der Waals surface area (Å²) in [5, 5.41) is 2.55. The number of ether oxygens (including phenoxy) is 2. The summed E-state index contributed by atoms with van der Waals surface area (Å²) in [6.07, 6.45) is -5.54. The summed E-state index contributed by atoms with van der Waals surface area (Å²) < 4.78 is 51.2. The van der Waals surface area contributed by atoms with Crippen molar-refractivity contribution in [1.82, 2.24) is 5.32 Å². The van der Waals surface area contributed by atoms with Crippen LogP contribution >= 0.6 is 23.2 Å². The van der Waals surface area contributed by atoms with Gasteiger partial charge in [0.15, 0.2) is 0 Å². The van der Waals surface area contributed by atoms with E-state index in [-0.39, 0.29) is 25.4 Å². The van der Waals surface area contributed by atoms with Gasteiger partial charge in [-0.25, -0.2) is 4.79 Å². The minimum Gasteiger partial charge on any atom is -0.459 e. The third kappa shape index (κ3) is 8.97. The minimum absolute atomic E-state index is 0.0198. The van der Waals surface area contributed by atoms with Crippen LogP contribution in [0.5, 0.6) is 0 Å². The second kappa shape index (κ2) is 15.1. The summed E-state index contributed by atoms with van der Waals surface area (Å²) in [5.74, 6) is -1.62. The van der Waals surface area contributed by atoms with Crippen LogP contribution < -0.4 is 10.2 Å². The number of benzene rings is 4. The van der Waals surface area contributed by atoms with E-state index in [9.17, 15) is 27.6 Å². The van der Waals surface area contributed by atoms with Gasteiger partial charge in [-0.2, -0.15) is 13.2 Å². The van der Waals surface area contributed by atoms with E-state index in [4.69, 9.17) is 32.7 Å². The van der Waals surface area contributed by atoms with Crippen molar-refractivity contribution in [2.45, 2.75) is 57.3 Å². The van der Waals surface area contributed by atoms with Crippen molar-refractivity contribution in [2.24, 2.45) is 0 Å². The summed E-state index contributed by atoms with van der Waals surface area (Å²) in [4.78, 5) is 41.8. The molecule has 1 N–H and O–H groups in total. The Balaban J connectivity index is 1.40. The molecule has 12 heteroatoms. The number of hydrogen-bond donors (Lipinski definition) is 1. The molecule has 0 bridgehead atoms. The van der Waals surface area contributed by atoms with Crippen LogP contribution in [0, 0.1) is 0 Å². The van der Waals surface area contributed by atoms with Crippen LogP contribution in [-0.4, -0.2) is 42.8 Å². The molecule has 1 aliphatic carbocycles. The largest absolute Gasteiger partial charge is 0.459 e. The van der Waals surface area contributed by atoms with Gasteiger partial charge in [-0.3, -0.25) is 14.5 Å². The first-order valence-electron chi connectivity index (χ1n) is 15.9. The molecule has 0 radical (unpaired) electrons. The van der Waals surface area contributed by atoms with E-state index in [1.807, 2.05) is 48.5 Å². The van der Waals surface area contributed by atoms with E-state index >= 15 is 0 Å². The van der Waals surface area contributed by atoms with Gasteiger partial charge >= 0.3 is 18.2 Å². The molecule has 0 saturated heterocycles. The topological polar surface area (TPSA) is 84.9 Å². The number of rotatable bonds is 10. The van der Waals surface area contributed by atoms with E-state index < -0.39 is 52.9 Å². The fourth-order valence-corrected chi connectivity index (χ4v) is 6.34. The van der Waals surface area contributed by atoms with Gasteiger partial charge in [-0.15, -0.1) is 0 Å². The van der Waals surface area contributed by atoms with E-state index in [0.717, 1.165) is 28.3 Å². The maximum absolute atomic E-state index is 14.3. The molecule has 4 aromatic rings. The van der Waals surface area contributed by atoms with E-state index in [0.29, 0.717) is 16.3 Å². The lowest BCUT2D eigenvalue weighted by molar-refractivity contribution is -0.153. The highest BCUT2D eigenvalue weighted by molar-refractivity contribution is 6.31. The van der Waals surface area contributed by atoms with Crippen LogP contribution in [0.25, 0.3) is 11.1 Å². The lowest BCUT2D eigenvalue weighted by Crippen LogP contribution is -2.51. The second-order valence-electron chi connectivity index (χ2n) is 12.9. The first kappa shape index (κ1) is 36.7. The lowest BCUT2D eigenvalue weighted by atomic mass is 9.98. The molecule has 0 aromatic heterocycles. The van der Waals surface area contributed by atoms with Crippen molar-refractivity contribution in [2.75, 3.05) is 18.1 Å². The smallest absolute Gasteiger partial charge is 0.417 e. The predicted octanol–water partition coefficient (Wildman–Crippen LogP) is 9.23. The quantitative estimate of drug-likeness (QED) is 0.165. The maximum atomic E-state index is 14.3. The van der Waals surface area contributed by atoms with Crippen LogP contribution in [-0.2, 0) is 31.7 Å². The number of hydrogen-bond acceptors (Lipinski definition) is 5. The molecule has 1 aliphatic rings. The Hall–Kier alpha value is -4.54. The van der Waals surface area contributed by atoms with Crippen molar-refractivity contribution in [3.05, 3.63) is 123 Å². The van der Waals surface area contributed by atoms with Crippen molar-refractivity contribution in [1.29, 1.82) is 0 Å². The van der Waals surface area contributed by atoms with Gasteiger partial charge in [0.2, 0.25) is 5.91 Å². The van der Waals surface area contributed by atoms with Crippen LogP contribution in [0.2, 0.25) is 10.0 Å². The van der Waals surface area contributed by atoms with Gasteiger partial charge < -0.3 is 14.8 Å². The first-order chi connectivity index (χ1) is 23.6. The van der Waals surface area contributed by atoms with E-state index in [2.05, 4.69) is 5.32 Å². The predicted molar refractivity (Wildman–Crippen MR) is 186 cm³/mol. The highest BCUT2D eigenvalue weighted by atomic mass is 35.5. The standard InChI is InChI=1S/C38H35Cl2F3N2O5/c1-37(2,3)50-34(46)21-45(25-16-14-24(39)15-17-25)35(47)33(19-13-23-12-18-31(32(40)20-23)38(41,42)43)44-36(48)49-22-30-28-10-6-4-8-26(28)27-9-5-7-11-29(27)30/h4-12,14-18,20,30,33H,13,19,21-22H2,1-3H3,(H,44,48). The molecule has 0 heterocycles. The fourth-order valence-electron chi connectivity index (χ4n) is 5.90. The maximum Gasteiger partial charge on any atom is 0.417 e. The zero-order valence-corrected chi connectivity index (χ0v) is 29.0. The zero-order valence-electron chi connectivity index (χ0n) is 27.5. The number of alkyl halides is 3. The van der Waals surface area contributed by atoms with Crippen molar-refractivity contribution in [3.63, 3.8) is 0 Å². The van der Waals surface area contributed by atoms with E-state index in [1.54, 1.807) is 45.0 Å². The summed E-state index contributed by atoms with van der Waals surface area (Å²) in [5.41, 5.74) is 2.97. The Kier molecular flexibility index (Phi) is 11.1. The number of halogens is 5. The molecule has 2 amide bonds. The monoisotopic (exact) mass is 726 g/mol. The molecular formula is C38H35Cl2F3N2O5. The minimum atomic E-state index is -4.64. The molecule has 5 rings (SSSR count). The molecular weight excluding hydrogens is 692 g/mol. The Morgan fingerprint density at radius 1 is 0.860 bits per heavy atom. The number of carbonyl (C=O) groups excluding carboxylic acids is 3. The van der Waals surface area contributed by atoms with E-state index in [1.165, 1.54) is 17.0 Å². The Labute approximate surface area is 298 Å². The molecule has 7 nitrogen and oxygen atoms in total. The third-order valence-electron chi connectivity index (χ3n) is 8.11. The highest BCUT2D eigenvalue weighted by Gasteiger charge is 2.34. The van der Waals surface area contributed by atoms with Gasteiger partial charge in [-0.1, -0.05) is 77.8 Å². The van der Waals surface area contributed by atoms with Crippen molar-refractivity contribution >= 4 is 46.9 Å². The number of carbonyl (C=O) groups is 3. The number of nitrogens with zero attached hydrogens (tertiary/aromatic N) is 1. The Bertz CT molecular complexity index is 1830. The summed E-state index contributed by atoms with van der Waals surface area (Å²) in [7, 11) is 0. The fraction of sp³-hybridized carbons (Fsp3) is 0.289. The van der Waals surface area contributed by atoms with Gasteiger partial charge in [0.1, 0.15) is 24.8 Å². The van der Waals surface area contributed by atoms with Crippen LogP contribution in [0.3, 0.4) is 0 Å². The Morgan fingerprint density at radius 2 is 1.46 bits per heavy atom. The van der Waals surface area contributed by atoms with Crippen LogP contribution in [0.4, 0.5) is 23.7 Å². The first-order valence-corrected chi connectivity index (χ1v) is 16.6. The molecule has 50 heavy (non-hydrogen) atoms. The molecule has 0 saturated carbocycles. The summed E-state index contributed by atoms with van der Waals surface area (Å²) in [6, 6.07) is 23.9. The number of fused-ring (bicyclic) bond motifs is 3. The second-order valence-corrected chi connectivity index (χ2v) is 13.7. The number of aryl methyl sites for hydroxylation is 1. The Morgan fingerprint density at radius 3 is 2.02 bits per heavy atom. The molecule has 0 aliphatic heterocycles. The molecule has 0 fully saturated rings. The van der Waals surface area contributed by atoms with Gasteiger partial charge in [0.05, 0.1) is 10.6 Å². The van der Waals surface area contributed by atoms with Gasteiger partial charge in [0.25, 0.3) is 0 Å². The van der Waals surface area contributed by atoms with Crippen LogP contribution in [0.1, 0.15) is 55.4 Å². The average molecular weight is 728 g/mol. The average Bonchev–Trinajstić information content (AvgIpc) is 3.37. The molecule has 262 valence electrons. The number of amides is 2. The van der Waals surface area contributed by atoms with Crippen LogP contribution in [0.15, 0.2) is 91.0 Å². The summed E-state index contributed by atoms with van der Waals surface area (Å²) >= 11 is 12.0. The molecule has 1 atom stereocenters. The van der Waals surface area contributed by atoms with Crippen molar-refractivity contribution < 1.29 is 37.0 Å². The SMILES string of the molecule is CC(C)(C)OC(=O)CN(C(=O)C(CCc1ccc(C(F)(F)F)c(Cl)c1)NC(=O)OCC1c2ccccc2-c2ccccc21)c1ccc(Cl)cc1. The number of alkyl carbamates (subject to hydrolysis) is 1. The molecule has 1 unspecified atom stereocenters. The highest BCUT2D eigenvalue weighted by Crippen LogP contribution is 2.44. The number of esters is 1. The van der Waals surface area contributed by atoms with Crippen molar-refractivity contribution in [3.8, 4) is 11.1 Å². The number of nitrogens with one attached hydrogen (secondary N) is 1. The summed E-state index contributed by atoms with van der Waals surface area (Å²) in [6.45, 7) is 4.56. The third-order valence-corrected chi connectivity index (χ3v) is 8.67.